The number of imidazole rings is 1. The van der Waals surface area contributed by atoms with E-state index in [0.29, 0.717) is 18.2 Å². The van der Waals surface area contributed by atoms with E-state index in [0.717, 1.165) is 21.9 Å². The van der Waals surface area contributed by atoms with Crippen molar-refractivity contribution in [2.24, 2.45) is 0 Å². The van der Waals surface area contributed by atoms with Crippen molar-refractivity contribution < 1.29 is 4.79 Å². The molecule has 0 N–H and O–H groups in total. The predicted molar refractivity (Wildman–Crippen MR) is 97.7 cm³/mol. The van der Waals surface area contributed by atoms with Gasteiger partial charge in [0, 0.05) is 30.4 Å². The topological polar surface area (TPSA) is 63.9 Å². The number of hydrogen-bond donors (Lipinski definition) is 0. The second-order valence-corrected chi connectivity index (χ2v) is 7.64. The number of hydrogen-bond acceptors (Lipinski definition) is 5. The first-order valence-corrected chi connectivity index (χ1v) is 9.49. The second kappa shape index (κ2) is 6.55. The van der Waals surface area contributed by atoms with Gasteiger partial charge in [0.05, 0.1) is 18.4 Å². The van der Waals surface area contributed by atoms with Crippen molar-refractivity contribution >= 4 is 28.4 Å². The van der Waals surface area contributed by atoms with Crippen LogP contribution in [0.4, 0.5) is 0 Å². The van der Waals surface area contributed by atoms with Gasteiger partial charge in [-0.05, 0) is 25.8 Å². The van der Waals surface area contributed by atoms with E-state index in [-0.39, 0.29) is 5.91 Å². The normalized spacial score (nSPS) is 15.1. The minimum atomic E-state index is -0.0577. The molecule has 0 spiro atoms. The number of carbonyl (C=O) groups excluding carboxylic acids is 1. The van der Waals surface area contributed by atoms with Gasteiger partial charge in [0.25, 0.3) is 5.91 Å². The maximum Gasteiger partial charge on any atom is 0.255 e. The Bertz CT molecular complexity index is 909. The molecule has 25 heavy (non-hydrogen) atoms. The number of pyridine rings is 1. The lowest BCUT2D eigenvalue weighted by molar-refractivity contribution is 0.0784. The highest BCUT2D eigenvalue weighted by molar-refractivity contribution is 7.09. The summed E-state index contributed by atoms with van der Waals surface area (Å²) < 4.78 is 2.17. The fourth-order valence-electron chi connectivity index (χ4n) is 3.46. The lowest BCUT2D eigenvalue weighted by atomic mass is 10.2. The summed E-state index contributed by atoms with van der Waals surface area (Å²) in [4.78, 5) is 27.8. The van der Waals surface area contributed by atoms with Crippen LogP contribution < -0.4 is 0 Å². The monoisotopic (exact) mass is 355 g/mol. The van der Waals surface area contributed by atoms with Crippen molar-refractivity contribution in [2.45, 2.75) is 45.2 Å². The van der Waals surface area contributed by atoms with Gasteiger partial charge in [-0.2, -0.15) is 0 Å². The Labute approximate surface area is 150 Å². The smallest absolute Gasteiger partial charge is 0.255 e. The summed E-state index contributed by atoms with van der Waals surface area (Å²) in [5.41, 5.74) is 3.22. The highest BCUT2D eigenvalue weighted by Gasteiger charge is 2.21. The van der Waals surface area contributed by atoms with E-state index in [4.69, 9.17) is 0 Å². The minimum Gasteiger partial charge on any atom is -0.335 e. The molecule has 7 heteroatoms. The lowest BCUT2D eigenvalue weighted by Crippen LogP contribution is -2.26. The summed E-state index contributed by atoms with van der Waals surface area (Å²) in [6.45, 7) is 2.46. The van der Waals surface area contributed by atoms with Crippen molar-refractivity contribution in [3.05, 3.63) is 40.2 Å². The Morgan fingerprint density at radius 3 is 2.88 bits per heavy atom. The zero-order valence-electron chi connectivity index (χ0n) is 14.5. The Hall–Kier alpha value is -2.28. The molecule has 6 nitrogen and oxygen atoms in total. The van der Waals surface area contributed by atoms with Crippen LogP contribution in [0.1, 0.15) is 52.8 Å². The summed E-state index contributed by atoms with van der Waals surface area (Å²) in [5, 5.41) is 2.93. The van der Waals surface area contributed by atoms with Crippen LogP contribution in [0.2, 0.25) is 0 Å². The number of fused-ring (bicyclic) bond motifs is 1. The summed E-state index contributed by atoms with van der Waals surface area (Å²) >= 11 is 1.57. The van der Waals surface area contributed by atoms with Gasteiger partial charge in [-0.3, -0.25) is 4.79 Å². The average Bonchev–Trinajstić information content (AvgIpc) is 3.33. The first-order chi connectivity index (χ1) is 12.1. The second-order valence-electron chi connectivity index (χ2n) is 6.70. The number of aryl methyl sites for hydroxylation is 1. The standard InChI is InChI=1S/C18H21N5OS/c1-12-10-25-16(21-12)9-22(2)18(24)13-7-15-17(19-8-13)23(11-20-15)14-5-3-4-6-14/h7-8,10-11,14H,3-6,9H2,1-2H3. The first kappa shape index (κ1) is 16.2. The molecule has 1 saturated carbocycles. The van der Waals surface area contributed by atoms with Crippen LogP contribution in [-0.4, -0.2) is 37.4 Å². The fourth-order valence-corrected chi connectivity index (χ4v) is 4.28. The van der Waals surface area contributed by atoms with E-state index in [1.54, 1.807) is 29.5 Å². The zero-order valence-corrected chi connectivity index (χ0v) is 15.3. The molecule has 0 unspecified atom stereocenters. The van der Waals surface area contributed by atoms with Gasteiger partial charge in [0.2, 0.25) is 0 Å². The number of carbonyl (C=O) groups is 1. The summed E-state index contributed by atoms with van der Waals surface area (Å²) in [7, 11) is 1.79. The molecule has 0 bridgehead atoms. The quantitative estimate of drug-likeness (QED) is 0.717. The van der Waals surface area contributed by atoms with E-state index in [9.17, 15) is 4.79 Å². The van der Waals surface area contributed by atoms with Crippen LogP contribution in [0, 0.1) is 6.92 Å². The third-order valence-corrected chi connectivity index (χ3v) is 5.72. The lowest BCUT2D eigenvalue weighted by Gasteiger charge is -2.16. The Morgan fingerprint density at radius 2 is 2.16 bits per heavy atom. The summed E-state index contributed by atoms with van der Waals surface area (Å²) in [6, 6.07) is 2.34. The number of rotatable bonds is 4. The zero-order chi connectivity index (χ0) is 17.4. The molecule has 130 valence electrons. The molecule has 1 amide bonds. The molecule has 1 aliphatic carbocycles. The first-order valence-electron chi connectivity index (χ1n) is 8.61. The van der Waals surface area contributed by atoms with Gasteiger partial charge < -0.3 is 9.47 Å². The molecule has 3 heterocycles. The molecule has 0 saturated heterocycles. The van der Waals surface area contributed by atoms with Gasteiger partial charge in [0.15, 0.2) is 5.65 Å². The third kappa shape index (κ3) is 3.16. The molecule has 0 atom stereocenters. The molecule has 4 rings (SSSR count). The van der Waals surface area contributed by atoms with E-state index in [2.05, 4.69) is 19.5 Å². The van der Waals surface area contributed by atoms with Crippen molar-refractivity contribution in [3.8, 4) is 0 Å². The Kier molecular flexibility index (Phi) is 4.25. The average molecular weight is 355 g/mol. The van der Waals surface area contributed by atoms with E-state index >= 15 is 0 Å². The summed E-state index contributed by atoms with van der Waals surface area (Å²) in [6.07, 6.45) is 8.43. The summed E-state index contributed by atoms with van der Waals surface area (Å²) in [5.74, 6) is -0.0577. The van der Waals surface area contributed by atoms with Crippen LogP contribution in [-0.2, 0) is 6.54 Å². The molecular formula is C18H21N5OS. The van der Waals surface area contributed by atoms with Crippen LogP contribution >= 0.6 is 11.3 Å². The highest BCUT2D eigenvalue weighted by Crippen LogP contribution is 2.31. The number of aromatic nitrogens is 4. The third-order valence-electron chi connectivity index (χ3n) is 4.76. The molecule has 0 aromatic carbocycles. The van der Waals surface area contributed by atoms with Gasteiger partial charge in [-0.1, -0.05) is 12.8 Å². The van der Waals surface area contributed by atoms with Crippen LogP contribution in [0.15, 0.2) is 24.0 Å². The fraction of sp³-hybridized carbons (Fsp3) is 0.444. The molecule has 3 aromatic heterocycles. The van der Waals surface area contributed by atoms with Gasteiger partial charge in [0.1, 0.15) is 10.5 Å². The van der Waals surface area contributed by atoms with Gasteiger partial charge in [-0.25, -0.2) is 15.0 Å². The molecule has 1 aliphatic rings. The predicted octanol–water partition coefficient (Wildman–Crippen LogP) is 3.58. The van der Waals surface area contributed by atoms with E-state index < -0.39 is 0 Å². The van der Waals surface area contributed by atoms with Crippen molar-refractivity contribution in [3.63, 3.8) is 0 Å². The molecule has 0 aliphatic heterocycles. The molecule has 3 aromatic rings. The maximum absolute atomic E-state index is 12.7. The van der Waals surface area contributed by atoms with E-state index in [1.165, 1.54) is 25.7 Å². The largest absolute Gasteiger partial charge is 0.335 e. The van der Waals surface area contributed by atoms with Crippen molar-refractivity contribution in [1.29, 1.82) is 0 Å². The SMILES string of the molecule is Cc1csc(CN(C)C(=O)c2cnc3c(c2)ncn3C2CCCC2)n1. The van der Waals surface area contributed by atoms with Gasteiger partial charge in [-0.15, -0.1) is 11.3 Å². The Balaban J connectivity index is 1.55. The molecular weight excluding hydrogens is 334 g/mol. The number of amides is 1. The van der Waals surface area contributed by atoms with Crippen LogP contribution in [0.3, 0.4) is 0 Å². The maximum atomic E-state index is 12.7. The van der Waals surface area contributed by atoms with Crippen molar-refractivity contribution in [1.82, 2.24) is 24.4 Å². The van der Waals surface area contributed by atoms with E-state index in [1.807, 2.05) is 24.7 Å². The molecule has 1 fully saturated rings. The number of thiazole rings is 1. The van der Waals surface area contributed by atoms with Crippen molar-refractivity contribution in [2.75, 3.05) is 7.05 Å². The number of nitrogens with zero attached hydrogens (tertiary/aromatic N) is 5. The van der Waals surface area contributed by atoms with Crippen LogP contribution in [0.5, 0.6) is 0 Å². The highest BCUT2D eigenvalue weighted by atomic mass is 32.1. The Morgan fingerprint density at radius 1 is 1.36 bits per heavy atom. The minimum absolute atomic E-state index is 0.0577. The van der Waals surface area contributed by atoms with Gasteiger partial charge >= 0.3 is 0 Å². The van der Waals surface area contributed by atoms with Crippen LogP contribution in [0.25, 0.3) is 11.2 Å². The molecule has 0 radical (unpaired) electrons.